The van der Waals surface area contributed by atoms with E-state index >= 15 is 0 Å². The fourth-order valence-corrected chi connectivity index (χ4v) is 2.69. The number of rotatable bonds is 1. The average Bonchev–Trinajstić information content (AvgIpc) is 2.47. The van der Waals surface area contributed by atoms with Crippen molar-refractivity contribution in [3.8, 4) is 0 Å². The van der Waals surface area contributed by atoms with Gasteiger partial charge < -0.3 is 5.32 Å². The molecule has 0 unspecified atom stereocenters. The lowest BCUT2D eigenvalue weighted by Gasteiger charge is -2.17. The first-order valence-electron chi connectivity index (χ1n) is 4.88. The number of hydrogen-bond donors (Lipinski definition) is 1. The number of hydrogen-bond acceptors (Lipinski definition) is 2. The van der Waals surface area contributed by atoms with E-state index in [1.54, 1.807) is 0 Å². The number of amides is 3. The van der Waals surface area contributed by atoms with Crippen molar-refractivity contribution in [3.63, 3.8) is 0 Å². The Balaban J connectivity index is 2.55. The summed E-state index contributed by atoms with van der Waals surface area (Å²) < 4.78 is 0.760. The number of imide groups is 1. The zero-order valence-corrected chi connectivity index (χ0v) is 10.6. The van der Waals surface area contributed by atoms with Crippen LogP contribution in [0.5, 0.6) is 0 Å². The number of halogens is 1. The van der Waals surface area contributed by atoms with E-state index in [0.29, 0.717) is 5.69 Å². The SMILES string of the molecule is Cc1cc(C)c(N2C(=O)CNC2=O)c(Br)c1. The zero-order valence-electron chi connectivity index (χ0n) is 9.00. The molecule has 1 heterocycles. The van der Waals surface area contributed by atoms with Crippen molar-refractivity contribution in [1.82, 2.24) is 5.32 Å². The summed E-state index contributed by atoms with van der Waals surface area (Å²) in [5.41, 5.74) is 2.61. The second-order valence-corrected chi connectivity index (χ2v) is 4.65. The summed E-state index contributed by atoms with van der Waals surface area (Å²) >= 11 is 3.39. The lowest BCUT2D eigenvalue weighted by atomic mass is 10.1. The molecule has 4 nitrogen and oxygen atoms in total. The van der Waals surface area contributed by atoms with Crippen LogP contribution in [0.1, 0.15) is 11.1 Å². The van der Waals surface area contributed by atoms with Crippen LogP contribution in [-0.4, -0.2) is 18.5 Å². The highest BCUT2D eigenvalue weighted by Crippen LogP contribution is 2.32. The van der Waals surface area contributed by atoms with Crippen molar-refractivity contribution in [2.24, 2.45) is 0 Å². The van der Waals surface area contributed by atoms with E-state index < -0.39 is 0 Å². The highest BCUT2D eigenvalue weighted by molar-refractivity contribution is 9.10. The number of carbonyl (C=O) groups is 2. The van der Waals surface area contributed by atoms with Gasteiger partial charge in [-0.05, 0) is 47.0 Å². The summed E-state index contributed by atoms with van der Waals surface area (Å²) in [5, 5.41) is 2.50. The Hall–Kier alpha value is -1.36. The zero-order chi connectivity index (χ0) is 11.9. The average molecular weight is 283 g/mol. The van der Waals surface area contributed by atoms with Crippen LogP contribution in [0.25, 0.3) is 0 Å². The Kier molecular flexibility index (Phi) is 2.71. The number of nitrogens with zero attached hydrogens (tertiary/aromatic N) is 1. The molecule has 0 aromatic heterocycles. The van der Waals surface area contributed by atoms with E-state index in [9.17, 15) is 9.59 Å². The first-order chi connectivity index (χ1) is 7.50. The van der Waals surface area contributed by atoms with E-state index in [1.165, 1.54) is 4.90 Å². The summed E-state index contributed by atoms with van der Waals surface area (Å²) in [5.74, 6) is -0.224. The predicted octanol–water partition coefficient (Wildman–Crippen LogP) is 2.12. The number of carbonyl (C=O) groups excluding carboxylic acids is 2. The molecule has 1 aromatic carbocycles. The Labute approximate surface area is 102 Å². The topological polar surface area (TPSA) is 49.4 Å². The molecule has 0 atom stereocenters. The third kappa shape index (κ3) is 1.71. The third-order valence-electron chi connectivity index (χ3n) is 2.47. The monoisotopic (exact) mass is 282 g/mol. The highest BCUT2D eigenvalue weighted by atomic mass is 79.9. The first-order valence-corrected chi connectivity index (χ1v) is 5.67. The molecule has 3 amide bonds. The molecule has 0 spiro atoms. The molecule has 1 saturated heterocycles. The molecule has 0 bridgehead atoms. The van der Waals surface area contributed by atoms with Crippen molar-refractivity contribution >= 4 is 33.6 Å². The van der Waals surface area contributed by atoms with Gasteiger partial charge in [-0.25, -0.2) is 9.69 Å². The maximum Gasteiger partial charge on any atom is 0.329 e. The Morgan fingerprint density at radius 1 is 1.31 bits per heavy atom. The molecule has 1 fully saturated rings. The van der Waals surface area contributed by atoms with E-state index in [-0.39, 0.29) is 18.5 Å². The fourth-order valence-electron chi connectivity index (χ4n) is 1.84. The Morgan fingerprint density at radius 3 is 2.50 bits per heavy atom. The molecular formula is C11H11BrN2O2. The van der Waals surface area contributed by atoms with Crippen LogP contribution in [-0.2, 0) is 4.79 Å². The molecule has 0 radical (unpaired) electrons. The summed E-state index contributed by atoms with van der Waals surface area (Å²) in [7, 11) is 0. The quantitative estimate of drug-likeness (QED) is 0.803. The maximum atomic E-state index is 11.6. The van der Waals surface area contributed by atoms with Crippen molar-refractivity contribution < 1.29 is 9.59 Å². The molecule has 1 aromatic rings. The minimum Gasteiger partial charge on any atom is -0.328 e. The number of nitrogens with one attached hydrogen (secondary N) is 1. The number of anilines is 1. The minimum absolute atomic E-state index is 0.0680. The van der Waals surface area contributed by atoms with Crippen LogP contribution in [0, 0.1) is 13.8 Å². The van der Waals surface area contributed by atoms with Crippen LogP contribution >= 0.6 is 15.9 Å². The third-order valence-corrected chi connectivity index (χ3v) is 3.07. The van der Waals surface area contributed by atoms with Gasteiger partial charge in [0.05, 0.1) is 12.2 Å². The van der Waals surface area contributed by atoms with E-state index in [0.717, 1.165) is 15.6 Å². The van der Waals surface area contributed by atoms with Crippen LogP contribution < -0.4 is 10.2 Å². The van der Waals surface area contributed by atoms with Gasteiger partial charge in [-0.2, -0.15) is 0 Å². The van der Waals surface area contributed by atoms with Crippen molar-refractivity contribution in [1.29, 1.82) is 0 Å². The summed E-state index contributed by atoms with van der Waals surface area (Å²) in [6.45, 7) is 3.91. The van der Waals surface area contributed by atoms with Gasteiger partial charge in [-0.3, -0.25) is 4.79 Å². The first kappa shape index (κ1) is 11.1. The van der Waals surface area contributed by atoms with Gasteiger partial charge in [-0.15, -0.1) is 0 Å². The molecule has 0 aliphatic carbocycles. The summed E-state index contributed by atoms with van der Waals surface area (Å²) in [6.07, 6.45) is 0. The van der Waals surface area contributed by atoms with Gasteiger partial charge in [0.15, 0.2) is 0 Å². The van der Waals surface area contributed by atoms with Gasteiger partial charge in [0.25, 0.3) is 5.91 Å². The Morgan fingerprint density at radius 2 is 2.00 bits per heavy atom. The van der Waals surface area contributed by atoms with Gasteiger partial charge in [0.2, 0.25) is 0 Å². The van der Waals surface area contributed by atoms with Gasteiger partial charge in [0.1, 0.15) is 0 Å². The molecule has 16 heavy (non-hydrogen) atoms. The molecule has 1 N–H and O–H groups in total. The maximum absolute atomic E-state index is 11.6. The van der Waals surface area contributed by atoms with Crippen LogP contribution in [0.2, 0.25) is 0 Å². The molecule has 5 heteroatoms. The molecule has 84 valence electrons. The fraction of sp³-hybridized carbons (Fsp3) is 0.273. The van der Waals surface area contributed by atoms with Gasteiger partial charge in [-0.1, -0.05) is 6.07 Å². The second-order valence-electron chi connectivity index (χ2n) is 3.80. The van der Waals surface area contributed by atoms with Crippen molar-refractivity contribution in [2.75, 3.05) is 11.4 Å². The standard InChI is InChI=1S/C11H11BrN2O2/c1-6-3-7(2)10(8(12)4-6)14-9(15)5-13-11(14)16/h3-4H,5H2,1-2H3,(H,13,16). The van der Waals surface area contributed by atoms with Crippen molar-refractivity contribution in [2.45, 2.75) is 13.8 Å². The van der Waals surface area contributed by atoms with Crippen molar-refractivity contribution in [3.05, 3.63) is 27.7 Å². The smallest absolute Gasteiger partial charge is 0.328 e. The van der Waals surface area contributed by atoms with E-state index in [1.807, 2.05) is 26.0 Å². The van der Waals surface area contributed by atoms with Crippen LogP contribution in [0.4, 0.5) is 10.5 Å². The molecule has 0 saturated carbocycles. The summed E-state index contributed by atoms with van der Waals surface area (Å²) in [6, 6.07) is 3.47. The lowest BCUT2D eigenvalue weighted by molar-refractivity contribution is -0.115. The summed E-state index contributed by atoms with van der Waals surface area (Å²) in [4.78, 5) is 24.3. The molecule has 1 aliphatic rings. The van der Waals surface area contributed by atoms with Crippen LogP contribution in [0.15, 0.2) is 16.6 Å². The second kappa shape index (κ2) is 3.90. The number of urea groups is 1. The Bertz CT molecular complexity index is 446. The molecular weight excluding hydrogens is 272 g/mol. The largest absolute Gasteiger partial charge is 0.329 e. The van der Waals surface area contributed by atoms with E-state index in [4.69, 9.17) is 0 Å². The predicted molar refractivity (Wildman–Crippen MR) is 64.5 cm³/mol. The number of aryl methyl sites for hydroxylation is 2. The normalized spacial score (nSPS) is 15.6. The molecule has 2 rings (SSSR count). The highest BCUT2D eigenvalue weighted by Gasteiger charge is 2.32. The van der Waals surface area contributed by atoms with Gasteiger partial charge in [0, 0.05) is 4.47 Å². The minimum atomic E-state index is -0.363. The van der Waals surface area contributed by atoms with Crippen LogP contribution in [0.3, 0.4) is 0 Å². The lowest BCUT2D eigenvalue weighted by Crippen LogP contribution is -2.31. The van der Waals surface area contributed by atoms with Gasteiger partial charge >= 0.3 is 6.03 Å². The number of benzene rings is 1. The molecule has 1 aliphatic heterocycles. The van der Waals surface area contributed by atoms with E-state index in [2.05, 4.69) is 21.2 Å².